The van der Waals surface area contributed by atoms with Gasteiger partial charge in [0.1, 0.15) is 17.6 Å². The second-order valence-corrected chi connectivity index (χ2v) is 7.58. The highest BCUT2D eigenvalue weighted by Crippen LogP contribution is 2.38. The summed E-state index contributed by atoms with van der Waals surface area (Å²) in [5.74, 6) is -0.821. The standard InChI is InChI=1S/C25H31N3O4/c1-4-27(5-2)16-9-17-28-22(20-10-7-8-15-26-20)21(24(30)25(28)31)23(29)18-11-13-19(14-12-18)32-6-3/h7-8,10-15,22,29H,4-6,9,16-17H2,1-3H3/t22-/m0/s1. The van der Waals surface area contributed by atoms with Gasteiger partial charge >= 0.3 is 0 Å². The number of carbonyl (C=O) groups excluding carboxylic acids is 2. The van der Waals surface area contributed by atoms with Crippen molar-refractivity contribution < 1.29 is 19.4 Å². The predicted octanol–water partition coefficient (Wildman–Crippen LogP) is 3.63. The number of amides is 1. The fraction of sp³-hybridized carbons (Fsp3) is 0.400. The highest BCUT2D eigenvalue weighted by molar-refractivity contribution is 6.46. The summed E-state index contributed by atoms with van der Waals surface area (Å²) in [6, 6.07) is 11.5. The molecular weight excluding hydrogens is 406 g/mol. The third kappa shape index (κ3) is 4.99. The highest BCUT2D eigenvalue weighted by Gasteiger charge is 2.46. The molecule has 1 aromatic heterocycles. The Kier molecular flexibility index (Phi) is 8.00. The molecule has 0 bridgehead atoms. The summed E-state index contributed by atoms with van der Waals surface area (Å²) in [5.41, 5.74) is 1.08. The van der Waals surface area contributed by atoms with E-state index < -0.39 is 17.7 Å². The summed E-state index contributed by atoms with van der Waals surface area (Å²) in [6.07, 6.45) is 2.35. The van der Waals surface area contributed by atoms with E-state index >= 15 is 0 Å². The van der Waals surface area contributed by atoms with E-state index in [0.29, 0.717) is 30.2 Å². The second-order valence-electron chi connectivity index (χ2n) is 7.58. The van der Waals surface area contributed by atoms with Crippen LogP contribution in [0.25, 0.3) is 5.76 Å². The zero-order valence-corrected chi connectivity index (χ0v) is 19.0. The van der Waals surface area contributed by atoms with Crippen LogP contribution in [0.5, 0.6) is 5.75 Å². The number of likely N-dealkylation sites (tertiary alicyclic amines) is 1. The van der Waals surface area contributed by atoms with Gasteiger partial charge in [0.25, 0.3) is 11.7 Å². The van der Waals surface area contributed by atoms with Gasteiger partial charge in [-0.15, -0.1) is 0 Å². The number of aliphatic hydroxyl groups excluding tert-OH is 1. The van der Waals surface area contributed by atoms with Crippen LogP contribution in [-0.2, 0) is 9.59 Å². The Labute approximate surface area is 189 Å². The molecule has 7 nitrogen and oxygen atoms in total. The molecule has 0 spiro atoms. The molecule has 1 aliphatic rings. The molecule has 0 aliphatic carbocycles. The van der Waals surface area contributed by atoms with E-state index in [-0.39, 0.29) is 11.3 Å². The minimum Gasteiger partial charge on any atom is -0.507 e. The van der Waals surface area contributed by atoms with Crippen LogP contribution in [0.2, 0.25) is 0 Å². The maximum absolute atomic E-state index is 13.0. The monoisotopic (exact) mass is 437 g/mol. The van der Waals surface area contributed by atoms with Crippen LogP contribution in [0.4, 0.5) is 0 Å². The molecule has 1 aromatic carbocycles. The summed E-state index contributed by atoms with van der Waals surface area (Å²) in [7, 11) is 0. The Morgan fingerprint density at radius 2 is 1.81 bits per heavy atom. The quantitative estimate of drug-likeness (QED) is 0.347. The number of ether oxygens (including phenoxy) is 1. The van der Waals surface area contributed by atoms with Crippen molar-refractivity contribution in [2.75, 3.05) is 32.8 Å². The molecule has 170 valence electrons. The zero-order valence-electron chi connectivity index (χ0n) is 19.0. The zero-order chi connectivity index (χ0) is 23.1. The number of Topliss-reactive ketones (excluding diaryl/α,β-unsaturated/α-hetero) is 1. The van der Waals surface area contributed by atoms with Gasteiger partial charge in [0, 0.05) is 18.3 Å². The summed E-state index contributed by atoms with van der Waals surface area (Å²) in [5, 5.41) is 11.1. The third-order valence-corrected chi connectivity index (χ3v) is 5.71. The number of hydrogen-bond donors (Lipinski definition) is 1. The average molecular weight is 438 g/mol. The lowest BCUT2D eigenvalue weighted by Gasteiger charge is -2.26. The Morgan fingerprint density at radius 1 is 1.09 bits per heavy atom. The number of carbonyl (C=O) groups is 2. The molecule has 0 radical (unpaired) electrons. The van der Waals surface area contributed by atoms with Gasteiger partial charge in [-0.3, -0.25) is 14.6 Å². The predicted molar refractivity (Wildman–Crippen MR) is 123 cm³/mol. The largest absolute Gasteiger partial charge is 0.507 e. The Morgan fingerprint density at radius 3 is 2.41 bits per heavy atom. The minimum absolute atomic E-state index is 0.0701. The van der Waals surface area contributed by atoms with Gasteiger partial charge in [-0.2, -0.15) is 0 Å². The van der Waals surface area contributed by atoms with Crippen LogP contribution in [0.1, 0.15) is 44.5 Å². The van der Waals surface area contributed by atoms with E-state index in [4.69, 9.17) is 4.74 Å². The molecule has 1 fully saturated rings. The number of aliphatic hydroxyl groups is 1. The smallest absolute Gasteiger partial charge is 0.295 e. The van der Waals surface area contributed by atoms with E-state index in [1.807, 2.05) is 13.0 Å². The third-order valence-electron chi connectivity index (χ3n) is 5.71. The lowest BCUT2D eigenvalue weighted by molar-refractivity contribution is -0.140. The maximum atomic E-state index is 13.0. The normalized spacial score (nSPS) is 17.9. The lowest BCUT2D eigenvalue weighted by atomic mass is 9.98. The molecule has 7 heteroatoms. The number of hydrogen-bond acceptors (Lipinski definition) is 6. The number of rotatable bonds is 10. The SMILES string of the molecule is CCOc1ccc(C(O)=C2C(=O)C(=O)N(CCCN(CC)CC)[C@H]2c2ccccn2)cc1. The molecule has 3 rings (SSSR count). The maximum Gasteiger partial charge on any atom is 0.295 e. The molecule has 1 amide bonds. The first-order valence-corrected chi connectivity index (χ1v) is 11.2. The highest BCUT2D eigenvalue weighted by atomic mass is 16.5. The van der Waals surface area contributed by atoms with E-state index in [1.54, 1.807) is 42.6 Å². The number of aromatic nitrogens is 1. The minimum atomic E-state index is -0.723. The molecule has 1 N–H and O–H groups in total. The van der Waals surface area contributed by atoms with Gasteiger partial charge in [-0.1, -0.05) is 19.9 Å². The fourth-order valence-electron chi connectivity index (χ4n) is 3.99. The molecule has 1 aliphatic heterocycles. The Balaban J connectivity index is 1.97. The van der Waals surface area contributed by atoms with E-state index in [0.717, 1.165) is 26.1 Å². The Hall–Kier alpha value is -3.19. The first kappa shape index (κ1) is 23.5. The molecule has 1 atom stereocenters. The van der Waals surface area contributed by atoms with E-state index in [2.05, 4.69) is 23.7 Å². The molecule has 0 unspecified atom stereocenters. The molecular formula is C25H31N3O4. The first-order chi connectivity index (χ1) is 15.5. The number of nitrogens with zero attached hydrogens (tertiary/aromatic N) is 3. The van der Waals surface area contributed by atoms with Crippen molar-refractivity contribution in [1.82, 2.24) is 14.8 Å². The van der Waals surface area contributed by atoms with E-state index in [9.17, 15) is 14.7 Å². The van der Waals surface area contributed by atoms with Gasteiger partial charge < -0.3 is 19.6 Å². The van der Waals surface area contributed by atoms with Crippen LogP contribution < -0.4 is 4.74 Å². The van der Waals surface area contributed by atoms with Crippen LogP contribution in [0.15, 0.2) is 54.2 Å². The van der Waals surface area contributed by atoms with Gasteiger partial charge in [-0.05, 0) is 69.4 Å². The summed E-state index contributed by atoms with van der Waals surface area (Å²) >= 11 is 0. The molecule has 2 aromatic rings. The van der Waals surface area contributed by atoms with Crippen molar-refractivity contribution in [3.8, 4) is 5.75 Å². The topological polar surface area (TPSA) is 83.0 Å². The van der Waals surface area contributed by atoms with Gasteiger partial charge in [0.2, 0.25) is 0 Å². The molecule has 0 saturated carbocycles. The van der Waals surface area contributed by atoms with Gasteiger partial charge in [-0.25, -0.2) is 0 Å². The van der Waals surface area contributed by atoms with Crippen molar-refractivity contribution in [3.05, 3.63) is 65.5 Å². The van der Waals surface area contributed by atoms with Crippen LogP contribution in [0.3, 0.4) is 0 Å². The number of pyridine rings is 1. The summed E-state index contributed by atoms with van der Waals surface area (Å²) < 4.78 is 5.45. The van der Waals surface area contributed by atoms with Crippen LogP contribution in [0, 0.1) is 0 Å². The summed E-state index contributed by atoms with van der Waals surface area (Å²) in [6.45, 7) is 9.70. The van der Waals surface area contributed by atoms with Crippen LogP contribution in [-0.4, -0.2) is 64.4 Å². The Bertz CT molecular complexity index is 953. The second kappa shape index (κ2) is 10.9. The van der Waals surface area contributed by atoms with Crippen molar-refractivity contribution in [3.63, 3.8) is 0 Å². The average Bonchev–Trinajstić information content (AvgIpc) is 3.07. The number of ketones is 1. The lowest BCUT2D eigenvalue weighted by Crippen LogP contribution is -2.33. The molecule has 32 heavy (non-hydrogen) atoms. The molecule has 2 heterocycles. The van der Waals surface area contributed by atoms with E-state index in [1.165, 1.54) is 4.90 Å². The van der Waals surface area contributed by atoms with Crippen molar-refractivity contribution >= 4 is 17.4 Å². The first-order valence-electron chi connectivity index (χ1n) is 11.2. The number of benzene rings is 1. The van der Waals surface area contributed by atoms with Crippen molar-refractivity contribution in [2.45, 2.75) is 33.2 Å². The van der Waals surface area contributed by atoms with Gasteiger partial charge in [0.05, 0.1) is 17.9 Å². The van der Waals surface area contributed by atoms with Crippen molar-refractivity contribution in [2.24, 2.45) is 0 Å². The molecule has 1 saturated heterocycles. The fourth-order valence-corrected chi connectivity index (χ4v) is 3.99. The van der Waals surface area contributed by atoms with Crippen molar-refractivity contribution in [1.29, 1.82) is 0 Å². The van der Waals surface area contributed by atoms with Crippen LogP contribution >= 0.6 is 0 Å². The summed E-state index contributed by atoms with van der Waals surface area (Å²) in [4.78, 5) is 34.2. The van der Waals surface area contributed by atoms with Gasteiger partial charge in [0.15, 0.2) is 0 Å².